The summed E-state index contributed by atoms with van der Waals surface area (Å²) in [5.74, 6) is 1.74. The fraction of sp³-hybridized carbons (Fsp3) is 0.208. The summed E-state index contributed by atoms with van der Waals surface area (Å²) >= 11 is 5.19. The van der Waals surface area contributed by atoms with Crippen molar-refractivity contribution in [1.82, 2.24) is 25.5 Å². The van der Waals surface area contributed by atoms with E-state index in [0.717, 1.165) is 44.5 Å². The number of benzene rings is 3. The molecule has 0 spiro atoms. The van der Waals surface area contributed by atoms with Crippen molar-refractivity contribution >= 4 is 27.7 Å². The molecule has 0 aliphatic carbocycles. The van der Waals surface area contributed by atoms with Gasteiger partial charge >= 0.3 is 0 Å². The van der Waals surface area contributed by atoms with Gasteiger partial charge in [-0.1, -0.05) is 75.7 Å². The fourth-order valence-corrected chi connectivity index (χ4v) is 4.31. The van der Waals surface area contributed by atoms with Crippen LogP contribution in [-0.2, 0) is 13.2 Å². The first-order valence-electron chi connectivity index (χ1n) is 10.3. The van der Waals surface area contributed by atoms with Crippen molar-refractivity contribution < 1.29 is 4.74 Å². The van der Waals surface area contributed by atoms with E-state index in [9.17, 15) is 0 Å². The van der Waals surface area contributed by atoms with Crippen LogP contribution >= 0.6 is 27.7 Å². The lowest BCUT2D eigenvalue weighted by molar-refractivity contribution is 0.302. The molecule has 1 N–H and O–H groups in total. The molecule has 0 amide bonds. The van der Waals surface area contributed by atoms with Crippen LogP contribution in [0.2, 0.25) is 0 Å². The second kappa shape index (κ2) is 11.3. The van der Waals surface area contributed by atoms with Gasteiger partial charge in [-0.3, -0.25) is 0 Å². The second-order valence-corrected chi connectivity index (χ2v) is 9.24. The molecule has 1 heterocycles. The molecule has 0 bridgehead atoms. The lowest BCUT2D eigenvalue weighted by Gasteiger charge is -2.13. The average Bonchev–Trinajstić information content (AvgIpc) is 3.28. The molecule has 8 heteroatoms. The van der Waals surface area contributed by atoms with E-state index in [4.69, 9.17) is 4.74 Å². The van der Waals surface area contributed by atoms with Gasteiger partial charge in [0.25, 0.3) is 0 Å². The quantitative estimate of drug-likeness (QED) is 0.234. The molecule has 0 fully saturated rings. The summed E-state index contributed by atoms with van der Waals surface area (Å²) in [5, 5.41) is 16.3. The minimum atomic E-state index is 0.549. The van der Waals surface area contributed by atoms with Crippen LogP contribution in [0.25, 0.3) is 5.69 Å². The van der Waals surface area contributed by atoms with E-state index in [0.29, 0.717) is 13.2 Å². The third kappa shape index (κ3) is 6.18. The van der Waals surface area contributed by atoms with E-state index in [1.165, 1.54) is 5.56 Å². The number of halogens is 1. The zero-order valence-corrected chi connectivity index (χ0v) is 20.1. The first-order chi connectivity index (χ1) is 15.7. The predicted octanol–water partition coefficient (Wildman–Crippen LogP) is 5.19. The third-order valence-corrected chi connectivity index (χ3v) is 6.22. The van der Waals surface area contributed by atoms with Crippen LogP contribution in [0, 0.1) is 6.92 Å². The van der Waals surface area contributed by atoms with Crippen molar-refractivity contribution in [1.29, 1.82) is 0 Å². The van der Waals surface area contributed by atoms with Gasteiger partial charge in [-0.05, 0) is 53.2 Å². The fourth-order valence-electron chi connectivity index (χ4n) is 3.11. The van der Waals surface area contributed by atoms with Gasteiger partial charge in [0.05, 0.1) is 5.69 Å². The molecule has 0 saturated carbocycles. The molecule has 0 aliphatic rings. The highest BCUT2D eigenvalue weighted by atomic mass is 79.9. The summed E-state index contributed by atoms with van der Waals surface area (Å²) in [4.78, 5) is 0. The minimum Gasteiger partial charge on any atom is -0.489 e. The number of nitrogens with one attached hydrogen (secondary N) is 1. The highest BCUT2D eigenvalue weighted by Crippen LogP contribution is 2.24. The Morgan fingerprint density at radius 3 is 2.66 bits per heavy atom. The standard InChI is InChI=1S/C24H24BrN5OS/c1-18-7-9-19(10-8-18)17-31-23-12-11-21(25)15-20(23)16-26-13-14-32-24-27-28-29-30(24)22-5-3-2-4-6-22/h2-12,15,26H,13-14,16-17H2,1H3. The van der Waals surface area contributed by atoms with Crippen molar-refractivity contribution in [3.8, 4) is 11.4 Å². The molecule has 3 aromatic carbocycles. The van der Waals surface area contributed by atoms with Crippen LogP contribution in [-0.4, -0.2) is 32.5 Å². The van der Waals surface area contributed by atoms with Gasteiger partial charge in [0.15, 0.2) is 0 Å². The number of aromatic nitrogens is 4. The normalized spacial score (nSPS) is 10.9. The monoisotopic (exact) mass is 509 g/mol. The van der Waals surface area contributed by atoms with E-state index < -0.39 is 0 Å². The summed E-state index contributed by atoms with van der Waals surface area (Å²) in [6.07, 6.45) is 0. The summed E-state index contributed by atoms with van der Waals surface area (Å²) in [5.41, 5.74) is 4.48. The Kier molecular flexibility index (Phi) is 7.92. The number of hydrogen-bond donors (Lipinski definition) is 1. The van der Waals surface area contributed by atoms with Gasteiger partial charge in [-0.2, -0.15) is 4.68 Å². The number of nitrogens with zero attached hydrogens (tertiary/aromatic N) is 4. The maximum Gasteiger partial charge on any atom is 0.214 e. The van der Waals surface area contributed by atoms with Gasteiger partial charge in [0.1, 0.15) is 12.4 Å². The molecule has 4 rings (SSSR count). The number of rotatable bonds is 10. The van der Waals surface area contributed by atoms with E-state index in [-0.39, 0.29) is 0 Å². The van der Waals surface area contributed by atoms with Crippen LogP contribution in [0.15, 0.2) is 82.4 Å². The number of para-hydroxylation sites is 1. The SMILES string of the molecule is Cc1ccc(COc2ccc(Br)cc2CNCCSc2nnnn2-c2ccccc2)cc1. The Morgan fingerprint density at radius 2 is 1.84 bits per heavy atom. The average molecular weight is 510 g/mol. The molecule has 0 unspecified atom stereocenters. The first-order valence-corrected chi connectivity index (χ1v) is 12.1. The van der Waals surface area contributed by atoms with Gasteiger partial charge in [-0.25, -0.2) is 0 Å². The maximum absolute atomic E-state index is 6.10. The van der Waals surface area contributed by atoms with Crippen molar-refractivity contribution in [3.63, 3.8) is 0 Å². The Morgan fingerprint density at radius 1 is 1.03 bits per heavy atom. The van der Waals surface area contributed by atoms with Crippen molar-refractivity contribution in [2.75, 3.05) is 12.3 Å². The highest BCUT2D eigenvalue weighted by molar-refractivity contribution is 9.10. The van der Waals surface area contributed by atoms with Crippen LogP contribution in [0.3, 0.4) is 0 Å². The molecule has 1 aromatic heterocycles. The van der Waals surface area contributed by atoms with E-state index >= 15 is 0 Å². The van der Waals surface area contributed by atoms with Crippen LogP contribution in [0.1, 0.15) is 16.7 Å². The molecular weight excluding hydrogens is 486 g/mol. The predicted molar refractivity (Wildman–Crippen MR) is 131 cm³/mol. The van der Waals surface area contributed by atoms with Gasteiger partial charge in [-0.15, -0.1) is 5.10 Å². The largest absolute Gasteiger partial charge is 0.489 e. The molecule has 164 valence electrons. The summed E-state index contributed by atoms with van der Waals surface area (Å²) in [7, 11) is 0. The Bertz CT molecular complexity index is 1130. The second-order valence-electron chi connectivity index (χ2n) is 7.26. The van der Waals surface area contributed by atoms with Crippen molar-refractivity contribution in [2.24, 2.45) is 0 Å². The first kappa shape index (κ1) is 22.5. The van der Waals surface area contributed by atoms with Crippen LogP contribution < -0.4 is 10.1 Å². The van der Waals surface area contributed by atoms with Gasteiger partial charge < -0.3 is 10.1 Å². The van der Waals surface area contributed by atoms with Gasteiger partial charge in [0.2, 0.25) is 5.16 Å². The minimum absolute atomic E-state index is 0.549. The molecular formula is C24H24BrN5OS. The van der Waals surface area contributed by atoms with E-state index in [1.54, 1.807) is 16.4 Å². The van der Waals surface area contributed by atoms with E-state index in [1.807, 2.05) is 42.5 Å². The molecule has 0 saturated heterocycles. The molecule has 0 radical (unpaired) electrons. The zero-order chi connectivity index (χ0) is 22.2. The molecule has 32 heavy (non-hydrogen) atoms. The van der Waals surface area contributed by atoms with Gasteiger partial charge in [0, 0.05) is 28.9 Å². The van der Waals surface area contributed by atoms with E-state index in [2.05, 4.69) is 74.0 Å². The molecule has 6 nitrogen and oxygen atoms in total. The number of thioether (sulfide) groups is 1. The van der Waals surface area contributed by atoms with Crippen molar-refractivity contribution in [3.05, 3.63) is 94.0 Å². The Balaban J connectivity index is 1.28. The molecule has 0 aliphatic heterocycles. The molecule has 4 aromatic rings. The summed E-state index contributed by atoms with van der Waals surface area (Å²) in [6.45, 7) is 4.17. The Labute approximate surface area is 200 Å². The smallest absolute Gasteiger partial charge is 0.214 e. The maximum atomic E-state index is 6.10. The number of hydrogen-bond acceptors (Lipinski definition) is 6. The van der Waals surface area contributed by atoms with Crippen LogP contribution in [0.5, 0.6) is 5.75 Å². The summed E-state index contributed by atoms with van der Waals surface area (Å²) in [6, 6.07) is 24.4. The number of tetrazole rings is 1. The lowest BCUT2D eigenvalue weighted by atomic mass is 10.1. The zero-order valence-electron chi connectivity index (χ0n) is 17.7. The Hall–Kier alpha value is -2.68. The third-order valence-electron chi connectivity index (χ3n) is 4.80. The van der Waals surface area contributed by atoms with Crippen molar-refractivity contribution in [2.45, 2.75) is 25.2 Å². The summed E-state index contributed by atoms with van der Waals surface area (Å²) < 4.78 is 8.90. The number of ether oxygens (including phenoxy) is 1. The van der Waals surface area contributed by atoms with Crippen LogP contribution in [0.4, 0.5) is 0 Å². The molecule has 0 atom stereocenters. The number of aryl methyl sites for hydroxylation is 1. The topological polar surface area (TPSA) is 64.9 Å². The lowest BCUT2D eigenvalue weighted by Crippen LogP contribution is -2.17. The highest BCUT2D eigenvalue weighted by Gasteiger charge is 2.09.